The Morgan fingerprint density at radius 3 is 3.05 bits per heavy atom. The molecule has 0 spiro atoms. The molecule has 0 amide bonds. The molecule has 4 nitrogen and oxygen atoms in total. The maximum absolute atomic E-state index is 4.89. The highest BCUT2D eigenvalue weighted by Crippen LogP contribution is 2.35. The first-order valence-corrected chi connectivity index (χ1v) is 8.15. The average Bonchev–Trinajstić information content (AvgIpc) is 2.91. The summed E-state index contributed by atoms with van der Waals surface area (Å²) in [6.07, 6.45) is 8.11. The Morgan fingerprint density at radius 2 is 2.29 bits per heavy atom. The maximum atomic E-state index is 4.89. The van der Waals surface area contributed by atoms with Gasteiger partial charge in [-0.25, -0.2) is 4.98 Å². The predicted molar refractivity (Wildman–Crippen MR) is 86.4 cm³/mol. The molecule has 0 saturated carbocycles. The molecule has 2 atom stereocenters. The van der Waals surface area contributed by atoms with Crippen molar-refractivity contribution in [3.05, 3.63) is 36.3 Å². The van der Waals surface area contributed by atoms with Crippen LogP contribution in [0.2, 0.25) is 0 Å². The molecule has 114 valence electrons. The molecule has 2 aromatic heterocycles. The lowest BCUT2D eigenvalue weighted by molar-refractivity contribution is 0.0898. The number of hydrogen-bond acceptors (Lipinski definition) is 3. The van der Waals surface area contributed by atoms with Crippen molar-refractivity contribution < 1.29 is 0 Å². The molecule has 3 heterocycles. The molecule has 0 aliphatic carbocycles. The van der Waals surface area contributed by atoms with Crippen LogP contribution in [-0.4, -0.2) is 41.0 Å². The fourth-order valence-corrected chi connectivity index (χ4v) is 3.69. The number of rotatable bonds is 5. The van der Waals surface area contributed by atoms with Gasteiger partial charge in [-0.3, -0.25) is 4.90 Å². The van der Waals surface area contributed by atoms with Crippen molar-refractivity contribution in [1.82, 2.24) is 19.6 Å². The van der Waals surface area contributed by atoms with Crippen LogP contribution in [0.25, 0.3) is 5.65 Å². The number of aromatic nitrogens is 2. The molecule has 0 bridgehead atoms. The Balaban J connectivity index is 1.95. The van der Waals surface area contributed by atoms with Crippen molar-refractivity contribution in [2.45, 2.75) is 32.2 Å². The molecule has 2 aromatic rings. The molecule has 2 unspecified atom stereocenters. The summed E-state index contributed by atoms with van der Waals surface area (Å²) >= 11 is 0. The summed E-state index contributed by atoms with van der Waals surface area (Å²) in [5.74, 6) is 0.653. The third-order valence-corrected chi connectivity index (χ3v) is 4.52. The van der Waals surface area contributed by atoms with Crippen LogP contribution in [0.4, 0.5) is 0 Å². The SMILES string of the molecule is CCCN1CCCC(CNC)C1c1cn2ccccc2n1. The second-order valence-corrected chi connectivity index (χ2v) is 6.07. The fourth-order valence-electron chi connectivity index (χ4n) is 3.69. The fraction of sp³-hybridized carbons (Fsp3) is 0.588. The lowest BCUT2D eigenvalue weighted by Gasteiger charge is -2.40. The molecule has 0 aromatic carbocycles. The summed E-state index contributed by atoms with van der Waals surface area (Å²) in [6.45, 7) is 5.70. The number of nitrogens with one attached hydrogen (secondary N) is 1. The monoisotopic (exact) mass is 286 g/mol. The van der Waals surface area contributed by atoms with Crippen LogP contribution in [-0.2, 0) is 0 Å². The third-order valence-electron chi connectivity index (χ3n) is 4.52. The smallest absolute Gasteiger partial charge is 0.137 e. The zero-order valence-corrected chi connectivity index (χ0v) is 13.1. The molecular weight excluding hydrogens is 260 g/mol. The topological polar surface area (TPSA) is 32.6 Å². The molecule has 3 rings (SSSR count). The minimum absolute atomic E-state index is 0.450. The number of pyridine rings is 1. The van der Waals surface area contributed by atoms with Crippen molar-refractivity contribution in [2.75, 3.05) is 26.7 Å². The van der Waals surface area contributed by atoms with Gasteiger partial charge in [0.05, 0.1) is 11.7 Å². The Labute approximate surface area is 127 Å². The highest BCUT2D eigenvalue weighted by Gasteiger charge is 2.33. The van der Waals surface area contributed by atoms with E-state index in [1.54, 1.807) is 0 Å². The first-order chi connectivity index (χ1) is 10.3. The van der Waals surface area contributed by atoms with Gasteiger partial charge in [0.25, 0.3) is 0 Å². The van der Waals surface area contributed by atoms with Gasteiger partial charge >= 0.3 is 0 Å². The minimum atomic E-state index is 0.450. The van der Waals surface area contributed by atoms with E-state index in [9.17, 15) is 0 Å². The van der Waals surface area contributed by atoms with Crippen molar-refractivity contribution in [2.24, 2.45) is 5.92 Å². The van der Waals surface area contributed by atoms with E-state index in [0.29, 0.717) is 12.0 Å². The summed E-state index contributed by atoms with van der Waals surface area (Å²) in [5.41, 5.74) is 2.28. The highest BCUT2D eigenvalue weighted by atomic mass is 15.2. The number of hydrogen-bond donors (Lipinski definition) is 1. The van der Waals surface area contributed by atoms with Gasteiger partial charge in [-0.2, -0.15) is 0 Å². The molecule has 0 radical (unpaired) electrons. The number of fused-ring (bicyclic) bond motifs is 1. The van der Waals surface area contributed by atoms with Crippen molar-refractivity contribution >= 4 is 5.65 Å². The summed E-state index contributed by atoms with van der Waals surface area (Å²) in [6, 6.07) is 6.66. The van der Waals surface area contributed by atoms with Gasteiger partial charge in [-0.15, -0.1) is 0 Å². The second kappa shape index (κ2) is 6.58. The number of imidazole rings is 1. The van der Waals surface area contributed by atoms with E-state index in [1.807, 2.05) is 0 Å². The van der Waals surface area contributed by atoms with Crippen LogP contribution in [0.15, 0.2) is 30.6 Å². The second-order valence-electron chi connectivity index (χ2n) is 6.07. The first kappa shape index (κ1) is 14.5. The van der Waals surface area contributed by atoms with Gasteiger partial charge in [0.15, 0.2) is 0 Å². The molecule has 1 fully saturated rings. The summed E-state index contributed by atoms with van der Waals surface area (Å²) < 4.78 is 2.14. The normalized spacial score (nSPS) is 23.7. The van der Waals surface area contributed by atoms with Crippen LogP contribution < -0.4 is 5.32 Å². The number of nitrogens with zero attached hydrogens (tertiary/aromatic N) is 3. The molecule has 1 aliphatic rings. The number of likely N-dealkylation sites (tertiary alicyclic amines) is 1. The van der Waals surface area contributed by atoms with Crippen LogP contribution in [0.1, 0.15) is 37.9 Å². The molecule has 21 heavy (non-hydrogen) atoms. The van der Waals surface area contributed by atoms with E-state index in [1.165, 1.54) is 38.0 Å². The highest BCUT2D eigenvalue weighted by molar-refractivity contribution is 5.40. The summed E-state index contributed by atoms with van der Waals surface area (Å²) in [4.78, 5) is 7.53. The van der Waals surface area contributed by atoms with E-state index in [2.05, 4.69) is 59.2 Å². The van der Waals surface area contributed by atoms with E-state index >= 15 is 0 Å². The zero-order valence-electron chi connectivity index (χ0n) is 13.1. The van der Waals surface area contributed by atoms with Crippen molar-refractivity contribution in [1.29, 1.82) is 0 Å². The van der Waals surface area contributed by atoms with E-state index < -0.39 is 0 Å². The lowest BCUT2D eigenvalue weighted by atomic mass is 9.87. The molecular formula is C17H26N4. The van der Waals surface area contributed by atoms with E-state index in [0.717, 1.165) is 12.2 Å². The Morgan fingerprint density at radius 1 is 1.38 bits per heavy atom. The van der Waals surface area contributed by atoms with Gasteiger partial charge in [0.1, 0.15) is 5.65 Å². The first-order valence-electron chi connectivity index (χ1n) is 8.15. The summed E-state index contributed by atoms with van der Waals surface area (Å²) in [7, 11) is 2.06. The van der Waals surface area contributed by atoms with Gasteiger partial charge < -0.3 is 9.72 Å². The summed E-state index contributed by atoms with van der Waals surface area (Å²) in [5, 5.41) is 3.37. The number of piperidine rings is 1. The van der Waals surface area contributed by atoms with Crippen LogP contribution >= 0.6 is 0 Å². The molecule has 4 heteroatoms. The standard InChI is InChI=1S/C17H26N4/c1-3-9-20-11-6-7-14(12-18-2)17(20)15-13-21-10-5-4-8-16(21)19-15/h4-5,8,10,13-14,17-18H,3,6-7,9,11-12H2,1-2H3. The van der Waals surface area contributed by atoms with Gasteiger partial charge in [0, 0.05) is 12.4 Å². The van der Waals surface area contributed by atoms with E-state index in [-0.39, 0.29) is 0 Å². The molecule has 1 N–H and O–H groups in total. The Bertz CT molecular complexity index is 526. The van der Waals surface area contributed by atoms with Gasteiger partial charge in [0.2, 0.25) is 0 Å². The van der Waals surface area contributed by atoms with Crippen LogP contribution in [0.5, 0.6) is 0 Å². The maximum Gasteiger partial charge on any atom is 0.137 e. The quantitative estimate of drug-likeness (QED) is 0.917. The van der Waals surface area contributed by atoms with Gasteiger partial charge in [-0.05, 0) is 64.0 Å². The predicted octanol–water partition coefficient (Wildman–Crippen LogP) is 2.72. The molecule has 1 saturated heterocycles. The Kier molecular flexibility index (Phi) is 4.56. The molecule has 1 aliphatic heterocycles. The Hall–Kier alpha value is -1.39. The minimum Gasteiger partial charge on any atom is -0.319 e. The van der Waals surface area contributed by atoms with Crippen molar-refractivity contribution in [3.63, 3.8) is 0 Å². The average molecular weight is 286 g/mol. The zero-order chi connectivity index (χ0) is 14.7. The van der Waals surface area contributed by atoms with Crippen molar-refractivity contribution in [3.8, 4) is 0 Å². The largest absolute Gasteiger partial charge is 0.319 e. The van der Waals surface area contributed by atoms with E-state index in [4.69, 9.17) is 4.98 Å². The lowest BCUT2D eigenvalue weighted by Crippen LogP contribution is -2.42. The van der Waals surface area contributed by atoms with Crippen LogP contribution in [0.3, 0.4) is 0 Å². The van der Waals surface area contributed by atoms with Crippen LogP contribution in [0, 0.1) is 5.92 Å². The van der Waals surface area contributed by atoms with Gasteiger partial charge in [-0.1, -0.05) is 13.0 Å². The third kappa shape index (κ3) is 2.97.